The summed E-state index contributed by atoms with van der Waals surface area (Å²) in [6.45, 7) is 0. The van der Waals surface area contributed by atoms with Crippen LogP contribution in [-0.4, -0.2) is 18.3 Å². The first kappa shape index (κ1) is 84.2. The van der Waals surface area contributed by atoms with E-state index in [2.05, 4.69) is 586 Å². The molecule has 0 unspecified atom stereocenters. The van der Waals surface area contributed by atoms with Crippen LogP contribution in [0.25, 0.3) is 220 Å². The molecule has 674 valence electrons. The fraction of sp³-hybridized carbons (Fsp3) is 0. The van der Waals surface area contributed by atoms with Crippen LogP contribution in [0.1, 0.15) is 0 Å². The van der Waals surface area contributed by atoms with Gasteiger partial charge in [-0.05, 0) is 341 Å². The third-order valence-corrected chi connectivity index (χ3v) is 29.0. The number of rotatable bonds is 17. The van der Waals surface area contributed by atoms with Crippen LogP contribution in [0.3, 0.4) is 0 Å². The zero-order valence-electron chi connectivity index (χ0n) is 78.8. The third kappa shape index (κ3) is 15.1. The molecule has 0 bridgehead atoms. The first-order chi connectivity index (χ1) is 71.4. The maximum Gasteiger partial charge on any atom is 0.0619 e. The zero-order chi connectivity index (χ0) is 95.1. The Bertz CT molecular complexity index is 9510. The Morgan fingerprint density at radius 2 is 0.347 bits per heavy atom. The van der Waals surface area contributed by atoms with E-state index in [0.717, 1.165) is 90.3 Å². The number of anilines is 6. The van der Waals surface area contributed by atoms with Crippen molar-refractivity contribution in [2.24, 2.45) is 0 Å². The molecule has 0 aliphatic carbocycles. The summed E-state index contributed by atoms with van der Waals surface area (Å²) in [7, 11) is 0. The maximum absolute atomic E-state index is 2.44. The predicted molar refractivity (Wildman–Crippen MR) is 610 cm³/mol. The average molecular weight is 1830 g/mol. The van der Waals surface area contributed by atoms with Crippen LogP contribution in [0.5, 0.6) is 0 Å². The van der Waals surface area contributed by atoms with E-state index in [-0.39, 0.29) is 0 Å². The summed E-state index contributed by atoms with van der Waals surface area (Å²) < 4.78 is 9.67. The lowest BCUT2D eigenvalue weighted by Crippen LogP contribution is -2.09. The quantitative estimate of drug-likeness (QED) is 0.0908. The predicted octanol–water partition coefficient (Wildman–Crippen LogP) is 37.8. The summed E-state index contributed by atoms with van der Waals surface area (Å²) in [4.78, 5) is 4.66. The fourth-order valence-corrected chi connectivity index (χ4v) is 22.2. The Kier molecular flexibility index (Phi) is 20.9. The van der Waals surface area contributed by atoms with Gasteiger partial charge in [-0.2, -0.15) is 0 Å². The van der Waals surface area contributed by atoms with Gasteiger partial charge < -0.3 is 28.1 Å². The lowest BCUT2D eigenvalue weighted by Gasteiger charge is -2.26. The van der Waals surface area contributed by atoms with Crippen molar-refractivity contribution < 1.29 is 0 Å². The van der Waals surface area contributed by atoms with E-state index < -0.39 is 0 Å². The van der Waals surface area contributed by atoms with Crippen LogP contribution in [-0.2, 0) is 0 Å². The highest BCUT2D eigenvalue weighted by atomic mass is 15.1. The minimum atomic E-state index is 1.09. The number of fused-ring (bicyclic) bond motifs is 16. The van der Waals surface area contributed by atoms with Gasteiger partial charge in [0, 0.05) is 105 Å². The van der Waals surface area contributed by atoms with E-state index in [0.29, 0.717) is 0 Å². The second-order valence-corrected chi connectivity index (χ2v) is 37.5. The van der Waals surface area contributed by atoms with Crippen molar-refractivity contribution in [1.82, 2.24) is 18.3 Å². The van der Waals surface area contributed by atoms with E-state index in [4.69, 9.17) is 0 Å². The number of nitrogens with zero attached hydrogens (tertiary/aromatic N) is 6. The van der Waals surface area contributed by atoms with E-state index >= 15 is 0 Å². The van der Waals surface area contributed by atoms with Crippen LogP contribution in [0.2, 0.25) is 0 Å². The molecule has 24 aromatic carbocycles. The SMILES string of the molecule is c1ccc(-c2ccc(N(c3ccccc3)c3ccc(-c4cc(-c5ccc6c(c5)c5cc7ccccc7cc5n6-c5ccccc5)cc(-c5ccc6c(c5)c5cc7ccccc7cc5n6-c5ccccc5)c4)cc3)cc2)cc1.c1ccc(N(c2ccccc2)c2ccc(-c3cc(-c4ccc5c(c4)c4ccccc4n5-c4ccccc4)cc(-c4ccc5c(c4)c4ccc6ccccc6c4n5-c4ccccc4)c3)cc2)cc1. The van der Waals surface area contributed by atoms with Crippen molar-refractivity contribution in [1.29, 1.82) is 0 Å². The van der Waals surface area contributed by atoms with Crippen molar-refractivity contribution in [2.45, 2.75) is 0 Å². The number of aromatic nitrogens is 4. The zero-order valence-corrected chi connectivity index (χ0v) is 78.8. The van der Waals surface area contributed by atoms with E-state index in [1.807, 2.05) is 0 Å². The Labute approximate surface area is 834 Å². The molecule has 0 fully saturated rings. The number of hydrogen-bond acceptors (Lipinski definition) is 2. The fourth-order valence-electron chi connectivity index (χ4n) is 22.2. The molecule has 6 heteroatoms. The maximum atomic E-state index is 2.44. The summed E-state index contributed by atoms with van der Waals surface area (Å²) in [6, 6.07) is 204. The minimum Gasteiger partial charge on any atom is -0.311 e. The molecule has 0 radical (unpaired) electrons. The topological polar surface area (TPSA) is 26.2 Å². The Hall–Kier alpha value is -19.1. The van der Waals surface area contributed by atoms with E-state index in [1.54, 1.807) is 0 Å². The van der Waals surface area contributed by atoms with Gasteiger partial charge in [0.1, 0.15) is 0 Å². The van der Waals surface area contributed by atoms with Crippen LogP contribution >= 0.6 is 0 Å². The molecule has 0 amide bonds. The molecule has 0 aliphatic heterocycles. The molecule has 0 atom stereocenters. The van der Waals surface area contributed by atoms with E-state index in [1.165, 1.54) is 164 Å². The number of para-hydroxylation sites is 8. The van der Waals surface area contributed by atoms with Crippen molar-refractivity contribution in [3.05, 3.63) is 558 Å². The van der Waals surface area contributed by atoms with Gasteiger partial charge in [0.05, 0.1) is 44.1 Å². The molecule has 28 aromatic rings. The van der Waals surface area contributed by atoms with Gasteiger partial charge >= 0.3 is 0 Å². The van der Waals surface area contributed by atoms with Crippen LogP contribution in [0.4, 0.5) is 34.1 Å². The summed E-state index contributed by atoms with van der Waals surface area (Å²) in [5.41, 5.74) is 37.2. The number of hydrogen-bond donors (Lipinski definition) is 0. The van der Waals surface area contributed by atoms with Crippen molar-refractivity contribution >= 4 is 154 Å². The Morgan fingerprint density at radius 3 is 0.722 bits per heavy atom. The third-order valence-electron chi connectivity index (χ3n) is 29.0. The molecule has 6 nitrogen and oxygen atoms in total. The largest absolute Gasteiger partial charge is 0.311 e. The average Bonchev–Trinajstić information content (AvgIpc) is 1.58. The minimum absolute atomic E-state index is 1.09. The standard InChI is InChI=1S/C74H49N3.C64H43N3/c1-5-17-50(18-6-1)51-29-35-65(36-30-51)75(62-23-7-2-8-24-62)66-37-31-52(32-38-66)59-41-60(57-33-39-71-67(46-57)69-44-53-19-13-15-21-55(53)48-73(69)76(71)63-25-9-3-10-26-63)43-61(42-59)58-34-40-72-68(47-58)70-45-54-20-14-16-22-56(54)49-74(70)77(72)64-27-11-4-12-28-64;1-5-18-51(19-6-1)65(52-20-7-2-8-21-52)55-34-29-44(30-35-55)48-39-49(46-32-37-62-59(42-46)57-27-15-16-28-61(57)66(62)53-22-9-3-10-23-53)41-50(40-48)47-33-38-63-60(43-47)58-36-31-45-17-13-14-26-56(45)64(58)67(63)54-24-11-4-12-25-54/h1-49H;1-43H. The molecule has 0 aliphatic rings. The Morgan fingerprint density at radius 1 is 0.111 bits per heavy atom. The molecule has 0 spiro atoms. The van der Waals surface area contributed by atoms with Crippen LogP contribution in [0.15, 0.2) is 558 Å². The smallest absolute Gasteiger partial charge is 0.0619 e. The summed E-state index contributed by atoms with van der Waals surface area (Å²) in [6.07, 6.45) is 0. The highest BCUT2D eigenvalue weighted by Gasteiger charge is 2.25. The first-order valence-electron chi connectivity index (χ1n) is 49.5. The van der Waals surface area contributed by atoms with Gasteiger partial charge in [-0.15, -0.1) is 0 Å². The van der Waals surface area contributed by atoms with Gasteiger partial charge in [-0.1, -0.05) is 322 Å². The monoisotopic (exact) mass is 1830 g/mol. The van der Waals surface area contributed by atoms with Crippen molar-refractivity contribution in [3.63, 3.8) is 0 Å². The van der Waals surface area contributed by atoms with Gasteiger partial charge in [0.15, 0.2) is 0 Å². The highest BCUT2D eigenvalue weighted by Crippen LogP contribution is 2.48. The van der Waals surface area contributed by atoms with Gasteiger partial charge in [-0.3, -0.25) is 0 Å². The second kappa shape index (κ2) is 35.7. The molecule has 0 saturated carbocycles. The molecular weight excluding hydrogens is 1740 g/mol. The van der Waals surface area contributed by atoms with Crippen LogP contribution in [0, 0.1) is 0 Å². The summed E-state index contributed by atoms with van der Waals surface area (Å²) >= 11 is 0. The molecule has 144 heavy (non-hydrogen) atoms. The lowest BCUT2D eigenvalue weighted by atomic mass is 9.92. The normalized spacial score (nSPS) is 11.6. The van der Waals surface area contributed by atoms with Crippen molar-refractivity contribution in [3.8, 4) is 101 Å². The molecule has 28 rings (SSSR count). The van der Waals surface area contributed by atoms with Crippen LogP contribution < -0.4 is 9.80 Å². The van der Waals surface area contributed by atoms with Gasteiger partial charge in [0.25, 0.3) is 0 Å². The first-order valence-corrected chi connectivity index (χ1v) is 49.5. The molecule has 0 N–H and O–H groups in total. The number of benzene rings is 24. The lowest BCUT2D eigenvalue weighted by molar-refractivity contribution is 1.18. The van der Waals surface area contributed by atoms with E-state index in [9.17, 15) is 0 Å². The highest BCUT2D eigenvalue weighted by molar-refractivity contribution is 6.21. The van der Waals surface area contributed by atoms with Crippen molar-refractivity contribution in [2.75, 3.05) is 9.80 Å². The molecule has 0 saturated heterocycles. The van der Waals surface area contributed by atoms with Gasteiger partial charge in [-0.25, -0.2) is 0 Å². The van der Waals surface area contributed by atoms with Gasteiger partial charge in [0.2, 0.25) is 0 Å². The Balaban J connectivity index is 0.000000145. The molecular formula is C138H92N6. The summed E-state index contributed by atoms with van der Waals surface area (Å²) in [5, 5.41) is 17.3. The molecule has 4 heterocycles. The second-order valence-electron chi connectivity index (χ2n) is 37.5. The summed E-state index contributed by atoms with van der Waals surface area (Å²) in [5.74, 6) is 0. The molecule has 4 aromatic heterocycles.